The highest BCUT2D eigenvalue weighted by Crippen LogP contribution is 2.50. The molecule has 0 aromatic rings. The standard InChI is InChI=1S/C11H17F9OSi/c1-7(21-22(2,3)4)10(17,18)11(19,20)8(12,13)5-6-9(14,15)16/h7H,5-6H2,1-4H3. The van der Waals surface area contributed by atoms with E-state index in [9.17, 15) is 39.5 Å². The Bertz CT molecular complexity index is 373. The molecule has 0 saturated carbocycles. The molecule has 11 heteroatoms. The molecule has 1 unspecified atom stereocenters. The largest absolute Gasteiger partial charge is 0.409 e. The van der Waals surface area contributed by atoms with Gasteiger partial charge in [0, 0.05) is 12.8 Å². The van der Waals surface area contributed by atoms with Crippen LogP contribution in [0.4, 0.5) is 39.5 Å². The first-order chi connectivity index (χ1) is 9.33. The molecule has 0 aliphatic heterocycles. The maximum absolute atomic E-state index is 13.6. The Kier molecular flexibility index (Phi) is 6.08. The molecule has 0 rings (SSSR count). The summed E-state index contributed by atoms with van der Waals surface area (Å²) in [6.07, 6.45) is -12.4. The Morgan fingerprint density at radius 2 is 1.23 bits per heavy atom. The predicted molar refractivity (Wildman–Crippen MR) is 64.0 cm³/mol. The van der Waals surface area contributed by atoms with E-state index in [4.69, 9.17) is 0 Å². The summed E-state index contributed by atoms with van der Waals surface area (Å²) < 4.78 is 121. The van der Waals surface area contributed by atoms with E-state index >= 15 is 0 Å². The summed E-state index contributed by atoms with van der Waals surface area (Å²) in [5, 5.41) is 0. The smallest absolute Gasteiger partial charge is 0.389 e. The van der Waals surface area contributed by atoms with Crippen LogP contribution in [0.25, 0.3) is 0 Å². The van der Waals surface area contributed by atoms with Crippen molar-refractivity contribution in [3.8, 4) is 0 Å². The third-order valence-electron chi connectivity index (χ3n) is 2.64. The predicted octanol–water partition coefficient (Wildman–Crippen LogP) is 5.47. The van der Waals surface area contributed by atoms with Gasteiger partial charge in [-0.2, -0.15) is 39.5 Å². The molecular formula is C11H17F9OSi. The molecule has 134 valence electrons. The fraction of sp³-hybridized carbons (Fsp3) is 1.00. The molecular weight excluding hydrogens is 347 g/mol. The van der Waals surface area contributed by atoms with Gasteiger partial charge in [0.05, 0.1) is 0 Å². The lowest BCUT2D eigenvalue weighted by Crippen LogP contribution is -2.60. The van der Waals surface area contributed by atoms with Gasteiger partial charge in [0.1, 0.15) is 6.10 Å². The highest BCUT2D eigenvalue weighted by molar-refractivity contribution is 6.69. The van der Waals surface area contributed by atoms with E-state index in [-0.39, 0.29) is 0 Å². The van der Waals surface area contributed by atoms with Gasteiger partial charge in [0.2, 0.25) is 0 Å². The maximum Gasteiger partial charge on any atom is 0.389 e. The van der Waals surface area contributed by atoms with Gasteiger partial charge in [-0.3, -0.25) is 0 Å². The van der Waals surface area contributed by atoms with Crippen molar-refractivity contribution in [2.24, 2.45) is 0 Å². The SMILES string of the molecule is CC(O[Si](C)(C)C)C(F)(F)C(F)(F)C(F)(F)CCC(F)(F)F. The molecule has 22 heavy (non-hydrogen) atoms. The van der Waals surface area contributed by atoms with Gasteiger partial charge in [-0.05, 0) is 26.6 Å². The second-order valence-electron chi connectivity index (χ2n) is 5.89. The summed E-state index contributed by atoms with van der Waals surface area (Å²) in [5.41, 5.74) is 0. The third kappa shape index (κ3) is 5.32. The number of halogens is 9. The first-order valence-corrected chi connectivity index (χ1v) is 9.62. The fourth-order valence-corrected chi connectivity index (χ4v) is 2.77. The van der Waals surface area contributed by atoms with Gasteiger partial charge in [-0.1, -0.05) is 0 Å². The first kappa shape index (κ1) is 21.5. The van der Waals surface area contributed by atoms with Crippen molar-refractivity contribution < 1.29 is 43.9 Å². The van der Waals surface area contributed by atoms with E-state index in [1.165, 1.54) is 19.6 Å². The van der Waals surface area contributed by atoms with E-state index < -0.39 is 51.2 Å². The van der Waals surface area contributed by atoms with Crippen LogP contribution in [0.5, 0.6) is 0 Å². The monoisotopic (exact) mass is 364 g/mol. The van der Waals surface area contributed by atoms with Crippen molar-refractivity contribution in [3.05, 3.63) is 0 Å². The van der Waals surface area contributed by atoms with Crippen LogP contribution in [0.2, 0.25) is 19.6 Å². The molecule has 0 N–H and O–H groups in total. The molecule has 0 aliphatic rings. The Hall–Kier alpha value is -0.453. The summed E-state index contributed by atoms with van der Waals surface area (Å²) in [4.78, 5) is 0. The van der Waals surface area contributed by atoms with Crippen molar-refractivity contribution in [3.63, 3.8) is 0 Å². The van der Waals surface area contributed by atoms with E-state index in [2.05, 4.69) is 4.43 Å². The Morgan fingerprint density at radius 3 is 1.55 bits per heavy atom. The van der Waals surface area contributed by atoms with Gasteiger partial charge >= 0.3 is 23.9 Å². The van der Waals surface area contributed by atoms with Gasteiger partial charge in [0.25, 0.3) is 0 Å². The zero-order valence-electron chi connectivity index (χ0n) is 12.3. The normalized spacial score (nSPS) is 16.8. The number of alkyl halides is 9. The average molecular weight is 364 g/mol. The molecule has 0 aromatic heterocycles. The van der Waals surface area contributed by atoms with Crippen LogP contribution < -0.4 is 0 Å². The van der Waals surface area contributed by atoms with Gasteiger partial charge in [0.15, 0.2) is 8.32 Å². The number of hydrogen-bond acceptors (Lipinski definition) is 1. The Balaban J connectivity index is 5.31. The van der Waals surface area contributed by atoms with E-state index in [0.717, 1.165) is 0 Å². The second kappa shape index (κ2) is 6.21. The molecule has 0 heterocycles. The van der Waals surface area contributed by atoms with Crippen LogP contribution in [0.15, 0.2) is 0 Å². The Morgan fingerprint density at radius 1 is 0.818 bits per heavy atom. The van der Waals surface area contributed by atoms with Crippen LogP contribution in [-0.2, 0) is 4.43 Å². The van der Waals surface area contributed by atoms with E-state index in [1.807, 2.05) is 0 Å². The minimum Gasteiger partial charge on any atom is -0.409 e. The lowest BCUT2D eigenvalue weighted by Gasteiger charge is -2.38. The molecule has 0 aliphatic carbocycles. The summed E-state index contributed by atoms with van der Waals surface area (Å²) in [7, 11) is -2.75. The Labute approximate surface area is 122 Å². The van der Waals surface area contributed by atoms with Gasteiger partial charge < -0.3 is 4.43 Å². The molecule has 0 bridgehead atoms. The van der Waals surface area contributed by atoms with Crippen molar-refractivity contribution in [1.29, 1.82) is 0 Å². The summed E-state index contributed by atoms with van der Waals surface area (Å²) >= 11 is 0. The fourth-order valence-electron chi connectivity index (χ4n) is 1.56. The molecule has 0 amide bonds. The van der Waals surface area contributed by atoms with Crippen molar-refractivity contribution >= 4 is 8.32 Å². The molecule has 0 saturated heterocycles. The van der Waals surface area contributed by atoms with Crippen LogP contribution in [0, 0.1) is 0 Å². The topological polar surface area (TPSA) is 9.23 Å². The molecule has 0 aromatic carbocycles. The van der Waals surface area contributed by atoms with E-state index in [1.54, 1.807) is 0 Å². The highest BCUT2D eigenvalue weighted by Gasteiger charge is 2.73. The van der Waals surface area contributed by atoms with Crippen molar-refractivity contribution in [2.45, 2.75) is 69.5 Å². The van der Waals surface area contributed by atoms with Crippen LogP contribution in [-0.4, -0.2) is 38.4 Å². The van der Waals surface area contributed by atoms with Crippen LogP contribution >= 0.6 is 0 Å². The molecule has 1 atom stereocenters. The molecule has 0 spiro atoms. The van der Waals surface area contributed by atoms with Gasteiger partial charge in [-0.15, -0.1) is 0 Å². The maximum atomic E-state index is 13.6. The minimum absolute atomic E-state index is 0.492. The van der Waals surface area contributed by atoms with Crippen molar-refractivity contribution in [1.82, 2.24) is 0 Å². The number of hydrogen-bond donors (Lipinski definition) is 0. The second-order valence-corrected chi connectivity index (χ2v) is 10.3. The van der Waals surface area contributed by atoms with E-state index in [0.29, 0.717) is 6.92 Å². The summed E-state index contributed by atoms with van der Waals surface area (Å²) in [6, 6.07) is 0. The van der Waals surface area contributed by atoms with Crippen molar-refractivity contribution in [2.75, 3.05) is 0 Å². The lowest BCUT2D eigenvalue weighted by molar-refractivity contribution is -0.332. The minimum atomic E-state index is -5.97. The van der Waals surface area contributed by atoms with Crippen LogP contribution in [0.3, 0.4) is 0 Å². The number of rotatable bonds is 7. The first-order valence-electron chi connectivity index (χ1n) is 6.21. The molecule has 0 fully saturated rings. The molecule has 1 nitrogen and oxygen atoms in total. The highest BCUT2D eigenvalue weighted by atomic mass is 28.4. The quantitative estimate of drug-likeness (QED) is 0.430. The zero-order valence-corrected chi connectivity index (χ0v) is 13.3. The third-order valence-corrected chi connectivity index (χ3v) is 3.70. The average Bonchev–Trinajstić information content (AvgIpc) is 2.22. The zero-order chi connectivity index (χ0) is 18.2. The summed E-state index contributed by atoms with van der Waals surface area (Å²) in [6.45, 7) is 4.62. The molecule has 0 radical (unpaired) electrons. The summed E-state index contributed by atoms with van der Waals surface area (Å²) in [5.74, 6) is -16.8. The van der Waals surface area contributed by atoms with Gasteiger partial charge in [-0.25, -0.2) is 0 Å². The lowest BCUT2D eigenvalue weighted by atomic mass is 9.97. The van der Waals surface area contributed by atoms with Crippen LogP contribution in [0.1, 0.15) is 19.8 Å².